The highest BCUT2D eigenvalue weighted by Gasteiger charge is 2.75. The normalized spacial score (nSPS) is 25.2. The monoisotopic (exact) mass is 655 g/mol. The van der Waals surface area contributed by atoms with Gasteiger partial charge in [0.1, 0.15) is 6.04 Å². The summed E-state index contributed by atoms with van der Waals surface area (Å²) in [6.45, 7) is 9.79. The van der Waals surface area contributed by atoms with Gasteiger partial charge in [0.15, 0.2) is 0 Å². The Morgan fingerprint density at radius 1 is 1.00 bits per heavy atom. The average Bonchev–Trinajstić information content (AvgIpc) is 3.71. The number of anilines is 2. The highest BCUT2D eigenvalue weighted by atomic mass is 35.5. The van der Waals surface area contributed by atoms with Crippen LogP contribution in [0.5, 0.6) is 0 Å². The first kappa shape index (κ1) is 32.1. The van der Waals surface area contributed by atoms with Gasteiger partial charge in [0.25, 0.3) is 5.91 Å². The maximum absolute atomic E-state index is 15.1. The molecule has 9 heteroatoms. The van der Waals surface area contributed by atoms with Crippen molar-refractivity contribution in [2.24, 2.45) is 11.8 Å². The number of aliphatic hydroxyl groups excluding tert-OH is 1. The topological polar surface area (TPSA) is 81.2 Å². The third-order valence-electron chi connectivity index (χ3n) is 9.63. The van der Waals surface area contributed by atoms with Crippen LogP contribution in [0.3, 0.4) is 0 Å². The Bertz CT molecular complexity index is 1630. The summed E-state index contributed by atoms with van der Waals surface area (Å²) in [6.07, 6.45) is 4.63. The van der Waals surface area contributed by atoms with Crippen LogP contribution >= 0.6 is 23.4 Å². The van der Waals surface area contributed by atoms with E-state index < -0.39 is 28.7 Å². The fraction of sp³-hybridized carbons (Fsp3) is 0.324. The molecule has 0 saturated carbocycles. The van der Waals surface area contributed by atoms with Gasteiger partial charge in [-0.05, 0) is 49.1 Å². The molecule has 3 heterocycles. The predicted octanol–water partition coefficient (Wildman–Crippen LogP) is 6.21. The van der Waals surface area contributed by atoms with Crippen molar-refractivity contribution in [2.75, 3.05) is 29.5 Å². The molecule has 46 heavy (non-hydrogen) atoms. The maximum Gasteiger partial charge on any atom is 0.251 e. The molecule has 1 N–H and O–H groups in total. The number of fused-ring (bicyclic) bond motifs is 1. The van der Waals surface area contributed by atoms with Gasteiger partial charge < -0.3 is 19.8 Å². The van der Waals surface area contributed by atoms with Crippen molar-refractivity contribution in [2.45, 2.75) is 41.8 Å². The fourth-order valence-corrected chi connectivity index (χ4v) is 10.3. The molecule has 1 spiro atoms. The van der Waals surface area contributed by atoms with Gasteiger partial charge in [0, 0.05) is 24.0 Å². The first-order chi connectivity index (χ1) is 22.3. The van der Waals surface area contributed by atoms with E-state index >= 15 is 4.79 Å². The molecule has 7 nitrogen and oxygen atoms in total. The number of hydrogen-bond donors (Lipinski definition) is 1. The molecule has 3 amide bonds. The Balaban J connectivity index is 1.49. The molecule has 2 unspecified atom stereocenters. The van der Waals surface area contributed by atoms with Crippen LogP contribution in [-0.4, -0.2) is 63.5 Å². The smallest absolute Gasteiger partial charge is 0.251 e. The summed E-state index contributed by atoms with van der Waals surface area (Å²) in [5.74, 6) is -2.12. The van der Waals surface area contributed by atoms with Gasteiger partial charge in [-0.15, -0.1) is 24.9 Å². The summed E-state index contributed by atoms with van der Waals surface area (Å²) in [4.78, 5) is 49.5. The van der Waals surface area contributed by atoms with Gasteiger partial charge >= 0.3 is 0 Å². The summed E-state index contributed by atoms with van der Waals surface area (Å²) in [6, 6.07) is 22.4. The van der Waals surface area contributed by atoms with Gasteiger partial charge in [0.2, 0.25) is 11.8 Å². The van der Waals surface area contributed by atoms with E-state index in [0.29, 0.717) is 30.1 Å². The van der Waals surface area contributed by atoms with Crippen molar-refractivity contribution in [3.8, 4) is 0 Å². The number of para-hydroxylation sites is 2. The Morgan fingerprint density at radius 2 is 1.65 bits per heavy atom. The minimum atomic E-state index is -0.949. The number of aryl methyl sites for hydroxylation is 1. The van der Waals surface area contributed by atoms with Crippen molar-refractivity contribution in [1.29, 1.82) is 0 Å². The number of carbonyl (C=O) groups excluding carboxylic acids is 3. The van der Waals surface area contributed by atoms with Crippen molar-refractivity contribution in [3.63, 3.8) is 0 Å². The van der Waals surface area contributed by atoms with Crippen LogP contribution in [0.1, 0.15) is 30.0 Å². The molecule has 0 aromatic heterocycles. The van der Waals surface area contributed by atoms with Crippen LogP contribution in [0.2, 0.25) is 5.02 Å². The molecular formula is C37H38ClN3O4S. The lowest BCUT2D eigenvalue weighted by atomic mass is 9.70. The quantitative estimate of drug-likeness (QED) is 0.249. The Kier molecular flexibility index (Phi) is 9.15. The summed E-state index contributed by atoms with van der Waals surface area (Å²) in [5.41, 5.74) is 2.83. The van der Waals surface area contributed by atoms with E-state index in [1.54, 1.807) is 44.7 Å². The molecule has 0 radical (unpaired) electrons. The highest BCUT2D eigenvalue weighted by Crippen LogP contribution is 2.67. The molecule has 3 aliphatic rings. The minimum Gasteiger partial charge on any atom is -0.394 e. The summed E-state index contributed by atoms with van der Waals surface area (Å²) >= 11 is 8.32. The maximum atomic E-state index is 15.1. The summed E-state index contributed by atoms with van der Waals surface area (Å²) in [5, 5.41) is 11.2. The lowest BCUT2D eigenvalue weighted by Gasteiger charge is -2.40. The zero-order valence-electron chi connectivity index (χ0n) is 25.8. The first-order valence-corrected chi connectivity index (χ1v) is 16.8. The van der Waals surface area contributed by atoms with Crippen LogP contribution in [-0.2, 0) is 14.4 Å². The number of rotatable bonds is 11. The summed E-state index contributed by atoms with van der Waals surface area (Å²) < 4.78 is -0.869. The van der Waals surface area contributed by atoms with E-state index in [1.165, 1.54) is 0 Å². The molecule has 0 aliphatic carbocycles. The number of thioether (sulfide) groups is 1. The number of amides is 3. The number of hydrogen-bond acceptors (Lipinski definition) is 5. The van der Waals surface area contributed by atoms with Crippen molar-refractivity contribution >= 4 is 52.5 Å². The zero-order valence-corrected chi connectivity index (χ0v) is 27.4. The third-order valence-corrected chi connectivity index (χ3v) is 11.9. The lowest BCUT2D eigenvalue weighted by Crippen LogP contribution is -2.56. The molecule has 3 aromatic rings. The predicted molar refractivity (Wildman–Crippen MR) is 185 cm³/mol. The number of aliphatic hydroxyl groups is 1. The van der Waals surface area contributed by atoms with E-state index in [1.807, 2.05) is 79.7 Å². The molecule has 238 valence electrons. The molecule has 3 fully saturated rings. The Labute approximate surface area is 279 Å². The molecule has 6 atom stereocenters. The fourth-order valence-electron chi connectivity index (χ4n) is 7.79. The van der Waals surface area contributed by atoms with Crippen LogP contribution in [0.15, 0.2) is 104 Å². The lowest BCUT2D eigenvalue weighted by molar-refractivity contribution is -0.142. The van der Waals surface area contributed by atoms with E-state index in [9.17, 15) is 14.7 Å². The highest BCUT2D eigenvalue weighted by molar-refractivity contribution is 8.02. The number of nitrogens with zero attached hydrogens (tertiary/aromatic N) is 3. The average molecular weight is 656 g/mol. The summed E-state index contributed by atoms with van der Waals surface area (Å²) in [7, 11) is 0. The molecule has 6 rings (SSSR count). The van der Waals surface area contributed by atoms with Crippen LogP contribution < -0.4 is 9.80 Å². The van der Waals surface area contributed by atoms with Gasteiger partial charge in [0.05, 0.1) is 39.9 Å². The molecular weight excluding hydrogens is 618 g/mol. The number of likely N-dealkylation sites (tertiary alicyclic amines) is 1. The largest absolute Gasteiger partial charge is 0.394 e. The zero-order chi connectivity index (χ0) is 32.6. The standard InChI is InChI=1S/C37H38ClN3O4S/c1-4-21-39(26-16-10-7-11-17-26)34(43)30-29-19-20-37(46-29)31(30)35(44)41(28(23-42)25-14-8-6-9-15-25)33(37)36(45)40(22-5-2)32-24(3)13-12-18-27(32)38/h4-18,28-31,33,42H,1-2,19-23H2,3H3/t28-,29+,30-,31+,33?,37?/m1/s1. The second-order valence-electron chi connectivity index (χ2n) is 12.1. The van der Waals surface area contributed by atoms with E-state index in [2.05, 4.69) is 13.2 Å². The van der Waals surface area contributed by atoms with Crippen LogP contribution in [0.4, 0.5) is 11.4 Å². The third kappa shape index (κ3) is 5.17. The van der Waals surface area contributed by atoms with Crippen molar-refractivity contribution in [3.05, 3.63) is 120 Å². The second-order valence-corrected chi connectivity index (χ2v) is 14.1. The van der Waals surface area contributed by atoms with Gasteiger partial charge in [-0.25, -0.2) is 0 Å². The van der Waals surface area contributed by atoms with Gasteiger partial charge in [-0.3, -0.25) is 14.4 Å². The Hall–Kier alpha value is -3.85. The Morgan fingerprint density at radius 3 is 2.28 bits per heavy atom. The molecule has 3 aromatic carbocycles. The van der Waals surface area contributed by atoms with Crippen LogP contribution in [0.25, 0.3) is 0 Å². The second kappa shape index (κ2) is 13.1. The SMILES string of the molecule is C=CCN(C(=O)[C@@H]1[C@@H]2CCC3(S2)C(C(=O)N(CC=C)c2c(C)cccc2Cl)N([C@H](CO)c2ccccc2)C(=O)[C@H]13)c1ccccc1. The van der Waals surface area contributed by atoms with E-state index in [-0.39, 0.29) is 36.1 Å². The van der Waals surface area contributed by atoms with E-state index in [0.717, 1.165) is 16.8 Å². The molecule has 2 bridgehead atoms. The number of carbonyl (C=O) groups is 3. The van der Waals surface area contributed by atoms with Crippen molar-refractivity contribution in [1.82, 2.24) is 4.90 Å². The molecule has 3 aliphatic heterocycles. The van der Waals surface area contributed by atoms with Gasteiger partial charge in [-0.1, -0.05) is 84.4 Å². The van der Waals surface area contributed by atoms with Crippen molar-refractivity contribution < 1.29 is 19.5 Å². The number of halogens is 1. The van der Waals surface area contributed by atoms with Crippen LogP contribution in [0, 0.1) is 18.8 Å². The van der Waals surface area contributed by atoms with E-state index in [4.69, 9.17) is 11.6 Å². The minimum absolute atomic E-state index is 0.130. The first-order valence-electron chi connectivity index (χ1n) is 15.6. The number of benzene rings is 3. The molecule has 3 saturated heterocycles. The van der Waals surface area contributed by atoms with Gasteiger partial charge in [-0.2, -0.15) is 0 Å².